The molecule has 3 rings (SSSR count). The number of imidazole rings is 1. The van der Waals surface area contributed by atoms with E-state index in [1.54, 1.807) is 7.11 Å². The first-order valence-corrected chi connectivity index (χ1v) is 6.41. The molecule has 0 saturated carbocycles. The Kier molecular flexibility index (Phi) is 2.71. The van der Waals surface area contributed by atoms with Gasteiger partial charge in [-0.1, -0.05) is 24.3 Å². The molecule has 1 aromatic heterocycles. The second-order valence-electron chi connectivity index (χ2n) is 4.91. The second kappa shape index (κ2) is 4.25. The van der Waals surface area contributed by atoms with E-state index in [0.717, 1.165) is 25.1 Å². The molecule has 2 aromatic rings. The molecule has 1 aliphatic rings. The van der Waals surface area contributed by atoms with Crippen LogP contribution in [0.25, 0.3) is 0 Å². The van der Waals surface area contributed by atoms with Crippen LogP contribution in [0.4, 0.5) is 0 Å². The summed E-state index contributed by atoms with van der Waals surface area (Å²) in [5.41, 5.74) is 3.53. The molecule has 94 valence electrons. The first-order valence-electron chi connectivity index (χ1n) is 6.41. The summed E-state index contributed by atoms with van der Waals surface area (Å²) >= 11 is 0. The lowest BCUT2D eigenvalue weighted by molar-refractivity contribution is -0.00910. The number of hydrogen-bond donors (Lipinski definition) is 0. The molecule has 1 heterocycles. The number of aromatic nitrogens is 2. The average molecular weight is 242 g/mol. The fraction of sp³-hybridized carbons (Fsp3) is 0.400. The van der Waals surface area contributed by atoms with Crippen molar-refractivity contribution in [1.29, 1.82) is 0 Å². The molecule has 0 fully saturated rings. The van der Waals surface area contributed by atoms with Gasteiger partial charge in [0.15, 0.2) is 0 Å². The van der Waals surface area contributed by atoms with Gasteiger partial charge in [0, 0.05) is 32.7 Å². The van der Waals surface area contributed by atoms with Crippen LogP contribution in [-0.4, -0.2) is 16.7 Å². The summed E-state index contributed by atoms with van der Waals surface area (Å²) in [4.78, 5) is 4.53. The Morgan fingerprint density at radius 2 is 1.94 bits per heavy atom. The van der Waals surface area contributed by atoms with Crippen molar-refractivity contribution < 1.29 is 4.74 Å². The van der Waals surface area contributed by atoms with Gasteiger partial charge in [0.05, 0.1) is 12.0 Å². The summed E-state index contributed by atoms with van der Waals surface area (Å²) in [7, 11) is 1.79. The Labute approximate surface area is 107 Å². The van der Waals surface area contributed by atoms with E-state index in [0.29, 0.717) is 0 Å². The highest BCUT2D eigenvalue weighted by Gasteiger charge is 2.40. The monoisotopic (exact) mass is 242 g/mol. The number of rotatable bonds is 3. The minimum Gasteiger partial charge on any atom is -0.371 e. The fourth-order valence-electron chi connectivity index (χ4n) is 2.78. The van der Waals surface area contributed by atoms with Gasteiger partial charge in [-0.2, -0.15) is 0 Å². The fourth-order valence-corrected chi connectivity index (χ4v) is 2.78. The molecule has 0 spiro atoms. The first kappa shape index (κ1) is 11.5. The largest absolute Gasteiger partial charge is 0.371 e. The Balaban J connectivity index is 1.99. The molecule has 1 aromatic carbocycles. The van der Waals surface area contributed by atoms with E-state index in [1.807, 2.05) is 6.33 Å². The van der Waals surface area contributed by atoms with E-state index in [4.69, 9.17) is 4.74 Å². The maximum Gasteiger partial charge on any atom is 0.119 e. The molecule has 0 aliphatic heterocycles. The van der Waals surface area contributed by atoms with Gasteiger partial charge in [-0.25, -0.2) is 4.98 Å². The number of benzene rings is 1. The van der Waals surface area contributed by atoms with Crippen LogP contribution in [0.3, 0.4) is 0 Å². The molecule has 18 heavy (non-hydrogen) atoms. The normalized spacial score (nSPS) is 16.8. The average Bonchev–Trinajstić information content (AvgIpc) is 3.03. The van der Waals surface area contributed by atoms with Gasteiger partial charge in [-0.15, -0.1) is 0 Å². The Hall–Kier alpha value is -1.61. The van der Waals surface area contributed by atoms with E-state index in [9.17, 15) is 0 Å². The van der Waals surface area contributed by atoms with E-state index < -0.39 is 0 Å². The molecule has 0 N–H and O–H groups in total. The van der Waals surface area contributed by atoms with Crippen LogP contribution >= 0.6 is 0 Å². The molecular weight excluding hydrogens is 224 g/mol. The van der Waals surface area contributed by atoms with Crippen LogP contribution in [0.5, 0.6) is 0 Å². The Morgan fingerprint density at radius 1 is 1.28 bits per heavy atom. The first-order chi connectivity index (χ1) is 8.77. The highest BCUT2D eigenvalue weighted by molar-refractivity contribution is 5.38. The molecule has 0 saturated heterocycles. The Bertz CT molecular complexity index is 534. The number of hydrogen-bond acceptors (Lipinski definition) is 2. The van der Waals surface area contributed by atoms with Crippen LogP contribution in [0.2, 0.25) is 0 Å². The van der Waals surface area contributed by atoms with Crippen molar-refractivity contribution in [3.8, 4) is 0 Å². The lowest BCUT2D eigenvalue weighted by Gasteiger charge is -2.25. The van der Waals surface area contributed by atoms with Crippen LogP contribution in [0.1, 0.15) is 23.7 Å². The van der Waals surface area contributed by atoms with Crippen molar-refractivity contribution in [3.63, 3.8) is 0 Å². The third-order valence-electron chi connectivity index (χ3n) is 3.93. The van der Waals surface area contributed by atoms with Crippen molar-refractivity contribution >= 4 is 0 Å². The topological polar surface area (TPSA) is 27.1 Å². The van der Waals surface area contributed by atoms with E-state index >= 15 is 0 Å². The summed E-state index contributed by atoms with van der Waals surface area (Å²) in [5, 5.41) is 0. The molecule has 0 radical (unpaired) electrons. The third-order valence-corrected chi connectivity index (χ3v) is 3.93. The number of ether oxygens (including phenoxy) is 1. The van der Waals surface area contributed by atoms with Crippen LogP contribution in [0.15, 0.2) is 36.8 Å². The van der Waals surface area contributed by atoms with Crippen molar-refractivity contribution in [2.75, 3.05) is 7.11 Å². The molecular formula is C15H18N2O. The minimum absolute atomic E-state index is 0.274. The van der Waals surface area contributed by atoms with Gasteiger partial charge >= 0.3 is 0 Å². The standard InChI is InChI=1S/C15H18N2O/c1-3-17-10-14(16-11-17)15(18-2)8-12-6-4-5-7-13(12)9-15/h4-7,10-11H,3,8-9H2,1-2H3. The zero-order valence-electron chi connectivity index (χ0n) is 10.9. The predicted molar refractivity (Wildman–Crippen MR) is 70.4 cm³/mol. The predicted octanol–water partition coefficient (Wildman–Crippen LogP) is 2.54. The molecule has 0 unspecified atom stereocenters. The Morgan fingerprint density at radius 3 is 2.44 bits per heavy atom. The lowest BCUT2D eigenvalue weighted by Crippen LogP contribution is -2.29. The smallest absolute Gasteiger partial charge is 0.119 e. The maximum atomic E-state index is 5.85. The summed E-state index contributed by atoms with van der Waals surface area (Å²) in [6.45, 7) is 3.06. The number of methoxy groups -OCH3 is 1. The van der Waals surface area contributed by atoms with E-state index in [1.165, 1.54) is 11.1 Å². The number of aryl methyl sites for hydroxylation is 1. The highest BCUT2D eigenvalue weighted by Crippen LogP contribution is 2.39. The summed E-state index contributed by atoms with van der Waals surface area (Å²) in [6.07, 6.45) is 5.83. The third kappa shape index (κ3) is 1.66. The molecule has 0 bridgehead atoms. The molecule has 0 atom stereocenters. The highest BCUT2D eigenvalue weighted by atomic mass is 16.5. The van der Waals surface area contributed by atoms with Gasteiger partial charge in [0.25, 0.3) is 0 Å². The van der Waals surface area contributed by atoms with Crippen molar-refractivity contribution in [2.24, 2.45) is 0 Å². The zero-order valence-corrected chi connectivity index (χ0v) is 10.9. The summed E-state index contributed by atoms with van der Waals surface area (Å²) < 4.78 is 7.95. The minimum atomic E-state index is -0.274. The van der Waals surface area contributed by atoms with Crippen LogP contribution in [0, 0.1) is 0 Å². The van der Waals surface area contributed by atoms with E-state index in [2.05, 4.69) is 46.9 Å². The zero-order chi connectivity index (χ0) is 12.6. The van der Waals surface area contributed by atoms with Crippen LogP contribution < -0.4 is 0 Å². The molecule has 3 heteroatoms. The summed E-state index contributed by atoms with van der Waals surface area (Å²) in [5.74, 6) is 0. The molecule has 3 nitrogen and oxygen atoms in total. The quantitative estimate of drug-likeness (QED) is 0.827. The molecule has 1 aliphatic carbocycles. The second-order valence-corrected chi connectivity index (χ2v) is 4.91. The van der Waals surface area contributed by atoms with Gasteiger partial charge in [-0.3, -0.25) is 0 Å². The maximum absolute atomic E-state index is 5.85. The van der Waals surface area contributed by atoms with Crippen molar-refractivity contribution in [1.82, 2.24) is 9.55 Å². The molecule has 0 amide bonds. The van der Waals surface area contributed by atoms with Crippen LogP contribution in [-0.2, 0) is 29.7 Å². The van der Waals surface area contributed by atoms with Gasteiger partial charge < -0.3 is 9.30 Å². The SMILES string of the molecule is CCn1cnc(C2(OC)Cc3ccccc3C2)c1. The van der Waals surface area contributed by atoms with Crippen molar-refractivity contribution in [2.45, 2.75) is 31.9 Å². The van der Waals surface area contributed by atoms with Gasteiger partial charge in [0.1, 0.15) is 5.60 Å². The van der Waals surface area contributed by atoms with Gasteiger partial charge in [0.2, 0.25) is 0 Å². The van der Waals surface area contributed by atoms with Crippen molar-refractivity contribution in [3.05, 3.63) is 53.6 Å². The number of nitrogens with zero attached hydrogens (tertiary/aromatic N) is 2. The number of fused-ring (bicyclic) bond motifs is 1. The van der Waals surface area contributed by atoms with Gasteiger partial charge in [-0.05, 0) is 18.1 Å². The summed E-state index contributed by atoms with van der Waals surface area (Å²) in [6, 6.07) is 8.56. The van der Waals surface area contributed by atoms with E-state index in [-0.39, 0.29) is 5.60 Å². The lowest BCUT2D eigenvalue weighted by atomic mass is 9.96.